The highest BCUT2D eigenvalue weighted by Gasteiger charge is 2.19. The smallest absolute Gasteiger partial charge is 0.493 e. The molecule has 3 aromatic rings. The van der Waals surface area contributed by atoms with E-state index in [4.69, 9.17) is 14.6 Å². The number of hydrogen-bond acceptors (Lipinski definition) is 6. The van der Waals surface area contributed by atoms with Crippen LogP contribution in [0, 0.1) is 0 Å². The van der Waals surface area contributed by atoms with Crippen molar-refractivity contribution in [3.05, 3.63) is 53.9 Å². The number of sulfonamides is 1. The Morgan fingerprint density at radius 3 is 2.39 bits per heavy atom. The molecule has 0 spiro atoms. The highest BCUT2D eigenvalue weighted by Crippen LogP contribution is 2.38. The first kappa shape index (κ1) is 22.6. The van der Waals surface area contributed by atoms with E-state index in [0.717, 1.165) is 21.6 Å². The Kier molecular flexibility index (Phi) is 6.87. The van der Waals surface area contributed by atoms with Gasteiger partial charge < -0.3 is 14.6 Å². The summed E-state index contributed by atoms with van der Waals surface area (Å²) in [4.78, 5) is 11.6. The quantitative estimate of drug-likeness (QED) is 0.330. The molecule has 31 heavy (non-hydrogen) atoms. The Morgan fingerprint density at radius 1 is 1.10 bits per heavy atom. The normalized spacial score (nSPS) is 11.4. The molecule has 164 valence electrons. The van der Waals surface area contributed by atoms with Crippen LogP contribution in [-0.2, 0) is 10.0 Å². The number of rotatable bonds is 8. The third-order valence-electron chi connectivity index (χ3n) is 4.45. The van der Waals surface area contributed by atoms with Crippen LogP contribution >= 0.6 is 11.3 Å². The van der Waals surface area contributed by atoms with Crippen molar-refractivity contribution >= 4 is 33.2 Å². The number of carboxylic acid groups (broad SMARTS) is 1. The number of carbonyl (C=O) groups is 1. The average Bonchev–Trinajstić information content (AvgIpc) is 3.15. The van der Waals surface area contributed by atoms with E-state index in [1.165, 1.54) is 11.3 Å². The molecule has 0 atom stereocenters. The highest BCUT2D eigenvalue weighted by atomic mass is 32.2. The maximum Gasteiger partial charge on any atom is 0.511 e. The molecule has 0 fully saturated rings. The van der Waals surface area contributed by atoms with Crippen LogP contribution in [-0.4, -0.2) is 31.5 Å². The number of hydrogen-bond donors (Lipinski definition) is 2. The lowest BCUT2D eigenvalue weighted by Gasteiger charge is -2.13. The molecular weight excluding hydrogens is 438 g/mol. The Bertz CT molecular complexity index is 1170. The van der Waals surface area contributed by atoms with Gasteiger partial charge in [0.1, 0.15) is 11.5 Å². The highest BCUT2D eigenvalue weighted by molar-refractivity contribution is 7.93. The SMILES string of the molecule is CCOc1cc(OC(=O)O)ccc1-c1ccc(-c2sccc2NS(=O)(=O)C(C)C)cc1. The first-order valence-corrected chi connectivity index (χ1v) is 12.0. The molecule has 2 N–H and O–H groups in total. The van der Waals surface area contributed by atoms with Gasteiger partial charge in [-0.25, -0.2) is 13.2 Å². The summed E-state index contributed by atoms with van der Waals surface area (Å²) in [7, 11) is -3.44. The molecule has 1 aromatic heterocycles. The molecule has 0 aliphatic carbocycles. The van der Waals surface area contributed by atoms with Gasteiger partial charge in [0.2, 0.25) is 10.0 Å². The standard InChI is InChI=1S/C22H23NO6S2/c1-4-28-20-13-17(29-22(24)25)9-10-18(20)15-5-7-16(8-6-15)21-19(11-12-30-21)23-31(26,27)14(2)3/h5-14,23H,4H2,1-3H3,(H,24,25). The fourth-order valence-corrected chi connectivity index (χ4v) is 4.50. The maximum atomic E-state index is 12.2. The van der Waals surface area contributed by atoms with Gasteiger partial charge in [-0.3, -0.25) is 4.72 Å². The van der Waals surface area contributed by atoms with E-state index < -0.39 is 21.4 Å². The van der Waals surface area contributed by atoms with Gasteiger partial charge in [0.25, 0.3) is 0 Å². The third-order valence-corrected chi connectivity index (χ3v) is 7.16. The first-order chi connectivity index (χ1) is 14.7. The van der Waals surface area contributed by atoms with Gasteiger partial charge in [0, 0.05) is 11.6 Å². The predicted octanol–water partition coefficient (Wildman–Crippen LogP) is 5.69. The second kappa shape index (κ2) is 9.40. The number of thiophene rings is 1. The van der Waals surface area contributed by atoms with Crippen molar-refractivity contribution in [3.63, 3.8) is 0 Å². The van der Waals surface area contributed by atoms with E-state index in [1.54, 1.807) is 38.1 Å². The Balaban J connectivity index is 1.91. The zero-order valence-corrected chi connectivity index (χ0v) is 18.9. The lowest BCUT2D eigenvalue weighted by Crippen LogP contribution is -2.22. The fraction of sp³-hybridized carbons (Fsp3) is 0.227. The largest absolute Gasteiger partial charge is 0.511 e. The Labute approximate surface area is 185 Å². The lowest BCUT2D eigenvalue weighted by atomic mass is 10.0. The molecule has 7 nitrogen and oxygen atoms in total. The predicted molar refractivity (Wildman–Crippen MR) is 123 cm³/mol. The van der Waals surface area contributed by atoms with Crippen molar-refractivity contribution in [1.29, 1.82) is 0 Å². The Morgan fingerprint density at radius 2 is 1.77 bits per heavy atom. The van der Waals surface area contributed by atoms with Gasteiger partial charge in [-0.1, -0.05) is 24.3 Å². The number of anilines is 1. The molecule has 0 aliphatic heterocycles. The summed E-state index contributed by atoms with van der Waals surface area (Å²) in [6.45, 7) is 5.52. The van der Waals surface area contributed by atoms with Crippen LogP contribution in [0.1, 0.15) is 20.8 Å². The van der Waals surface area contributed by atoms with Crippen molar-refractivity contribution in [2.75, 3.05) is 11.3 Å². The second-order valence-corrected chi connectivity index (χ2v) is 10.0. The number of nitrogens with one attached hydrogen (secondary N) is 1. The van der Waals surface area contributed by atoms with Crippen molar-refractivity contribution in [2.45, 2.75) is 26.0 Å². The lowest BCUT2D eigenvalue weighted by molar-refractivity contribution is 0.144. The molecular formula is C22H23NO6S2. The van der Waals surface area contributed by atoms with Crippen molar-refractivity contribution in [2.24, 2.45) is 0 Å². The van der Waals surface area contributed by atoms with E-state index in [1.807, 2.05) is 36.6 Å². The monoisotopic (exact) mass is 461 g/mol. The van der Waals surface area contributed by atoms with Crippen LogP contribution in [0.3, 0.4) is 0 Å². The molecule has 0 unspecified atom stereocenters. The molecule has 9 heteroatoms. The summed E-state index contributed by atoms with van der Waals surface area (Å²) in [5, 5.41) is 10.1. The van der Waals surface area contributed by atoms with E-state index >= 15 is 0 Å². The molecule has 2 aromatic carbocycles. The van der Waals surface area contributed by atoms with Crippen LogP contribution in [0.2, 0.25) is 0 Å². The van der Waals surface area contributed by atoms with Crippen molar-refractivity contribution in [3.8, 4) is 33.1 Å². The molecule has 0 radical (unpaired) electrons. The molecule has 0 saturated carbocycles. The van der Waals surface area contributed by atoms with Crippen molar-refractivity contribution < 1.29 is 27.8 Å². The zero-order chi connectivity index (χ0) is 22.6. The van der Waals surface area contributed by atoms with Gasteiger partial charge in [-0.2, -0.15) is 0 Å². The summed E-state index contributed by atoms with van der Waals surface area (Å²) in [5.41, 5.74) is 3.09. The minimum absolute atomic E-state index is 0.178. The Hall–Kier alpha value is -3.04. The maximum absolute atomic E-state index is 12.2. The summed E-state index contributed by atoms with van der Waals surface area (Å²) < 4.78 is 37.5. The summed E-state index contributed by atoms with van der Waals surface area (Å²) in [5.74, 6) is 0.687. The van der Waals surface area contributed by atoms with Gasteiger partial charge in [-0.05, 0) is 55.5 Å². The van der Waals surface area contributed by atoms with Crippen LogP contribution in [0.15, 0.2) is 53.9 Å². The third kappa shape index (κ3) is 5.36. The van der Waals surface area contributed by atoms with Gasteiger partial charge in [0.15, 0.2) is 0 Å². The van der Waals surface area contributed by atoms with E-state index in [0.29, 0.717) is 18.0 Å². The second-order valence-electron chi connectivity index (χ2n) is 6.90. The molecule has 3 rings (SSSR count). The average molecular weight is 462 g/mol. The van der Waals surface area contributed by atoms with Gasteiger partial charge in [0.05, 0.1) is 22.4 Å². The van der Waals surface area contributed by atoms with Crippen LogP contribution in [0.25, 0.3) is 21.6 Å². The molecule has 1 heterocycles. The first-order valence-electron chi connectivity index (χ1n) is 9.58. The van der Waals surface area contributed by atoms with Crippen LogP contribution < -0.4 is 14.2 Å². The summed E-state index contributed by atoms with van der Waals surface area (Å²) >= 11 is 1.45. The molecule has 0 aliphatic rings. The van der Waals surface area contributed by atoms with Crippen molar-refractivity contribution in [1.82, 2.24) is 0 Å². The van der Waals surface area contributed by atoms with Crippen LogP contribution in [0.4, 0.5) is 10.5 Å². The van der Waals surface area contributed by atoms with Crippen LogP contribution in [0.5, 0.6) is 11.5 Å². The molecule has 0 amide bonds. The number of ether oxygens (including phenoxy) is 2. The molecule has 0 bridgehead atoms. The minimum atomic E-state index is -3.44. The van der Waals surface area contributed by atoms with E-state index in [2.05, 4.69) is 4.72 Å². The van der Waals surface area contributed by atoms with Gasteiger partial charge >= 0.3 is 6.16 Å². The van der Waals surface area contributed by atoms with E-state index in [-0.39, 0.29) is 5.75 Å². The molecule has 0 saturated heterocycles. The zero-order valence-electron chi connectivity index (χ0n) is 17.3. The minimum Gasteiger partial charge on any atom is -0.493 e. The fourth-order valence-electron chi connectivity index (χ4n) is 2.87. The summed E-state index contributed by atoms with van der Waals surface area (Å²) in [6.07, 6.45) is -1.39. The summed E-state index contributed by atoms with van der Waals surface area (Å²) in [6, 6.07) is 14.2. The topological polar surface area (TPSA) is 102 Å². The number of benzene rings is 2. The van der Waals surface area contributed by atoms with Gasteiger partial charge in [-0.15, -0.1) is 11.3 Å². The van der Waals surface area contributed by atoms with E-state index in [9.17, 15) is 13.2 Å².